The molecule has 0 fully saturated rings. The van der Waals surface area contributed by atoms with Crippen LogP contribution in [0.1, 0.15) is 23.7 Å². The molecule has 0 spiro atoms. The van der Waals surface area contributed by atoms with Gasteiger partial charge in [0.1, 0.15) is 0 Å². The monoisotopic (exact) mass is 282 g/mol. The Morgan fingerprint density at radius 1 is 1.53 bits per heavy atom. The first-order valence-corrected chi connectivity index (χ1v) is 7.64. The van der Waals surface area contributed by atoms with Crippen LogP contribution in [-0.2, 0) is 0 Å². The van der Waals surface area contributed by atoms with Crippen molar-refractivity contribution in [2.75, 3.05) is 31.9 Å². The molecule has 1 unspecified atom stereocenters. The predicted octanol–water partition coefficient (Wildman–Crippen LogP) is 2.49. The molecule has 1 rings (SSSR count). The van der Waals surface area contributed by atoms with Gasteiger partial charge >= 0.3 is 0 Å². The highest BCUT2D eigenvalue weighted by atomic mass is 32.2. The Morgan fingerprint density at radius 3 is 2.74 bits per heavy atom. The zero-order chi connectivity index (χ0) is 14.4. The molecule has 1 atom stereocenters. The maximum atomic E-state index is 12.5. The summed E-state index contributed by atoms with van der Waals surface area (Å²) in [5.41, 5.74) is 6.84. The Labute approximate surface area is 119 Å². The number of carbonyl (C=O) groups excluding carboxylic acids is 1. The van der Waals surface area contributed by atoms with Crippen molar-refractivity contribution in [2.45, 2.75) is 19.4 Å². The Morgan fingerprint density at radius 2 is 2.21 bits per heavy atom. The Bertz CT molecular complexity index is 437. The summed E-state index contributed by atoms with van der Waals surface area (Å²) in [4.78, 5) is 14.3. The maximum Gasteiger partial charge on any atom is 0.257 e. The average Bonchev–Trinajstić information content (AvgIpc) is 2.42. The fourth-order valence-corrected chi connectivity index (χ4v) is 2.85. The topological polar surface area (TPSA) is 55.6 Å². The molecule has 4 nitrogen and oxygen atoms in total. The summed E-state index contributed by atoms with van der Waals surface area (Å²) < 4.78 is 5.24. The maximum absolute atomic E-state index is 12.5. The van der Waals surface area contributed by atoms with Gasteiger partial charge in [0.2, 0.25) is 0 Å². The van der Waals surface area contributed by atoms with Gasteiger partial charge in [-0.05, 0) is 24.8 Å². The van der Waals surface area contributed by atoms with E-state index in [0.29, 0.717) is 17.0 Å². The summed E-state index contributed by atoms with van der Waals surface area (Å²) in [7, 11) is 3.36. The third kappa shape index (κ3) is 3.56. The van der Waals surface area contributed by atoms with Crippen LogP contribution in [0.2, 0.25) is 0 Å². The number of para-hydroxylation sites is 1. The zero-order valence-corrected chi connectivity index (χ0v) is 12.8. The fraction of sp³-hybridized carbons (Fsp3) is 0.500. The van der Waals surface area contributed by atoms with Gasteiger partial charge in [-0.1, -0.05) is 13.0 Å². The van der Waals surface area contributed by atoms with Crippen LogP contribution in [0.4, 0.5) is 5.69 Å². The second-order valence-electron chi connectivity index (χ2n) is 4.36. The lowest BCUT2D eigenvalue weighted by Crippen LogP contribution is -2.38. The Hall–Kier alpha value is -1.36. The molecule has 1 amide bonds. The molecule has 0 saturated heterocycles. The van der Waals surface area contributed by atoms with Crippen molar-refractivity contribution in [1.29, 1.82) is 0 Å². The first kappa shape index (κ1) is 15.7. The summed E-state index contributed by atoms with van der Waals surface area (Å²) in [5, 5.41) is 0. The molecule has 0 heterocycles. The van der Waals surface area contributed by atoms with Crippen molar-refractivity contribution < 1.29 is 9.53 Å². The number of amides is 1. The number of benzene rings is 1. The van der Waals surface area contributed by atoms with E-state index in [4.69, 9.17) is 10.5 Å². The van der Waals surface area contributed by atoms with Crippen LogP contribution in [0.15, 0.2) is 18.2 Å². The highest BCUT2D eigenvalue weighted by molar-refractivity contribution is 7.98. The van der Waals surface area contributed by atoms with Crippen LogP contribution < -0.4 is 10.5 Å². The Kier molecular flexibility index (Phi) is 6.02. The third-order valence-electron chi connectivity index (χ3n) is 3.18. The SMILES string of the molecule is CCC(CSC)N(C)C(=O)c1cccc(N)c1OC. The van der Waals surface area contributed by atoms with Gasteiger partial charge in [-0.25, -0.2) is 0 Å². The van der Waals surface area contributed by atoms with Crippen molar-refractivity contribution in [3.05, 3.63) is 23.8 Å². The number of thioether (sulfide) groups is 1. The smallest absolute Gasteiger partial charge is 0.257 e. The van der Waals surface area contributed by atoms with Crippen molar-refractivity contribution in [2.24, 2.45) is 0 Å². The molecule has 0 saturated carbocycles. The van der Waals surface area contributed by atoms with E-state index in [-0.39, 0.29) is 11.9 Å². The molecular formula is C14H22N2O2S. The number of hydrogen-bond donors (Lipinski definition) is 1. The van der Waals surface area contributed by atoms with Crippen molar-refractivity contribution in [3.8, 4) is 5.75 Å². The third-order valence-corrected chi connectivity index (χ3v) is 3.90. The van der Waals surface area contributed by atoms with E-state index in [9.17, 15) is 4.79 Å². The summed E-state index contributed by atoms with van der Waals surface area (Å²) in [6, 6.07) is 5.47. The number of carbonyl (C=O) groups is 1. The average molecular weight is 282 g/mol. The molecule has 19 heavy (non-hydrogen) atoms. The molecule has 106 valence electrons. The van der Waals surface area contributed by atoms with Crippen LogP contribution in [-0.4, -0.2) is 43.0 Å². The van der Waals surface area contributed by atoms with Crippen molar-refractivity contribution >= 4 is 23.4 Å². The Balaban J connectivity index is 3.02. The second kappa shape index (κ2) is 7.28. The van der Waals surface area contributed by atoms with Crippen LogP contribution >= 0.6 is 11.8 Å². The van der Waals surface area contributed by atoms with Gasteiger partial charge in [-0.3, -0.25) is 4.79 Å². The van der Waals surface area contributed by atoms with E-state index in [1.165, 1.54) is 7.11 Å². The van der Waals surface area contributed by atoms with Gasteiger partial charge in [0.25, 0.3) is 5.91 Å². The van der Waals surface area contributed by atoms with E-state index >= 15 is 0 Å². The standard InChI is InChI=1S/C14H22N2O2S/c1-5-10(9-19-4)16(2)14(17)11-7-6-8-12(15)13(11)18-3/h6-8,10H,5,9,15H2,1-4H3. The predicted molar refractivity (Wildman–Crippen MR) is 82.0 cm³/mol. The number of nitrogen functional groups attached to an aromatic ring is 1. The van der Waals surface area contributed by atoms with Crippen LogP contribution in [0.25, 0.3) is 0 Å². The molecule has 0 aliphatic carbocycles. The van der Waals surface area contributed by atoms with Crippen LogP contribution in [0, 0.1) is 0 Å². The molecule has 2 N–H and O–H groups in total. The molecule has 0 aliphatic heterocycles. The van der Waals surface area contributed by atoms with Gasteiger partial charge < -0.3 is 15.4 Å². The molecular weight excluding hydrogens is 260 g/mol. The number of anilines is 1. The van der Waals surface area contributed by atoms with Gasteiger partial charge in [-0.2, -0.15) is 11.8 Å². The lowest BCUT2D eigenvalue weighted by molar-refractivity contribution is 0.0740. The zero-order valence-electron chi connectivity index (χ0n) is 12.0. The van der Waals surface area contributed by atoms with Gasteiger partial charge in [0.05, 0.1) is 18.4 Å². The number of methoxy groups -OCH3 is 1. The van der Waals surface area contributed by atoms with E-state index < -0.39 is 0 Å². The minimum Gasteiger partial charge on any atom is -0.494 e. The molecule has 0 aromatic heterocycles. The molecule has 1 aromatic carbocycles. The second-order valence-corrected chi connectivity index (χ2v) is 5.27. The number of nitrogens with two attached hydrogens (primary N) is 1. The molecule has 5 heteroatoms. The highest BCUT2D eigenvalue weighted by Gasteiger charge is 2.22. The summed E-state index contributed by atoms with van der Waals surface area (Å²) in [6.45, 7) is 2.08. The van der Waals surface area contributed by atoms with E-state index in [1.54, 1.807) is 34.9 Å². The minimum absolute atomic E-state index is 0.0509. The molecule has 1 aromatic rings. The van der Waals surface area contributed by atoms with Gasteiger partial charge in [-0.15, -0.1) is 0 Å². The highest BCUT2D eigenvalue weighted by Crippen LogP contribution is 2.27. The summed E-state index contributed by atoms with van der Waals surface area (Å²) in [5.74, 6) is 1.33. The number of rotatable bonds is 6. The van der Waals surface area contributed by atoms with E-state index in [1.807, 2.05) is 13.3 Å². The number of hydrogen-bond acceptors (Lipinski definition) is 4. The molecule has 0 radical (unpaired) electrons. The number of nitrogens with zero attached hydrogens (tertiary/aromatic N) is 1. The van der Waals surface area contributed by atoms with Crippen molar-refractivity contribution in [3.63, 3.8) is 0 Å². The lowest BCUT2D eigenvalue weighted by Gasteiger charge is -2.27. The first-order valence-electron chi connectivity index (χ1n) is 6.25. The first-order chi connectivity index (χ1) is 9.06. The van der Waals surface area contributed by atoms with Crippen molar-refractivity contribution in [1.82, 2.24) is 4.90 Å². The van der Waals surface area contributed by atoms with Crippen LogP contribution in [0.3, 0.4) is 0 Å². The molecule has 0 aliphatic rings. The van der Waals surface area contributed by atoms with Gasteiger partial charge in [0.15, 0.2) is 5.75 Å². The minimum atomic E-state index is -0.0509. The van der Waals surface area contributed by atoms with Gasteiger partial charge in [0, 0.05) is 18.8 Å². The van der Waals surface area contributed by atoms with E-state index in [2.05, 4.69) is 6.92 Å². The quantitative estimate of drug-likeness (QED) is 0.814. The fourth-order valence-electron chi connectivity index (χ4n) is 2.00. The summed E-state index contributed by atoms with van der Waals surface area (Å²) in [6.07, 6.45) is 2.97. The largest absolute Gasteiger partial charge is 0.494 e. The lowest BCUT2D eigenvalue weighted by atomic mass is 10.1. The van der Waals surface area contributed by atoms with E-state index in [0.717, 1.165) is 12.2 Å². The normalized spacial score (nSPS) is 12.0. The summed E-state index contributed by atoms with van der Waals surface area (Å²) >= 11 is 1.74. The van der Waals surface area contributed by atoms with Crippen LogP contribution in [0.5, 0.6) is 5.75 Å². The number of ether oxygens (including phenoxy) is 1. The molecule has 0 bridgehead atoms.